The van der Waals surface area contributed by atoms with Gasteiger partial charge in [-0.25, -0.2) is 0 Å². The van der Waals surface area contributed by atoms with E-state index in [0.29, 0.717) is 36.4 Å². The Kier molecular flexibility index (Phi) is 5.52. The van der Waals surface area contributed by atoms with E-state index >= 15 is 0 Å². The van der Waals surface area contributed by atoms with Crippen LogP contribution in [0.4, 0.5) is 0 Å². The van der Waals surface area contributed by atoms with E-state index in [1.54, 1.807) is 0 Å². The molecule has 0 amide bonds. The van der Waals surface area contributed by atoms with Crippen LogP contribution >= 0.6 is 11.6 Å². The molecular weight excluding hydrogens is 278 g/mol. The Hall–Kier alpha value is -1.43. The highest BCUT2D eigenvalue weighted by Gasteiger charge is 2.15. The van der Waals surface area contributed by atoms with Gasteiger partial charge in [-0.3, -0.25) is 0 Å². The molecule has 0 aliphatic carbocycles. The van der Waals surface area contributed by atoms with Crippen LogP contribution in [-0.2, 0) is 11.2 Å². The lowest BCUT2D eigenvalue weighted by Gasteiger charge is -2.06. The number of benzene rings is 1. The third-order valence-corrected chi connectivity index (χ3v) is 3.13. The van der Waals surface area contributed by atoms with Crippen molar-refractivity contribution in [1.29, 1.82) is 0 Å². The standard InChI is InChI=1S/C14H18ClN3O2/c1-2-7-19-9-12(16)14-17-13(20-18-14)8-10-5-3-4-6-11(10)15/h3-6,12H,2,7-9,16H2,1H3. The second kappa shape index (κ2) is 7.38. The third-order valence-electron chi connectivity index (χ3n) is 2.76. The van der Waals surface area contributed by atoms with E-state index in [-0.39, 0.29) is 6.04 Å². The van der Waals surface area contributed by atoms with Gasteiger partial charge in [0.2, 0.25) is 5.89 Å². The first-order valence-electron chi connectivity index (χ1n) is 6.60. The topological polar surface area (TPSA) is 74.2 Å². The highest BCUT2D eigenvalue weighted by molar-refractivity contribution is 6.31. The first-order chi connectivity index (χ1) is 9.70. The summed E-state index contributed by atoms with van der Waals surface area (Å²) in [6.45, 7) is 3.11. The van der Waals surface area contributed by atoms with E-state index < -0.39 is 0 Å². The van der Waals surface area contributed by atoms with Gasteiger partial charge in [0.15, 0.2) is 5.82 Å². The predicted molar refractivity (Wildman–Crippen MR) is 76.6 cm³/mol. The van der Waals surface area contributed by atoms with Gasteiger partial charge in [-0.2, -0.15) is 4.98 Å². The number of hydrogen-bond acceptors (Lipinski definition) is 5. The lowest BCUT2D eigenvalue weighted by molar-refractivity contribution is 0.119. The number of nitrogens with zero attached hydrogens (tertiary/aromatic N) is 2. The maximum Gasteiger partial charge on any atom is 0.231 e. The van der Waals surface area contributed by atoms with Crippen LogP contribution in [0.3, 0.4) is 0 Å². The molecule has 6 heteroatoms. The number of aromatic nitrogens is 2. The Labute approximate surface area is 123 Å². The predicted octanol–water partition coefficient (Wildman–Crippen LogP) is 2.74. The largest absolute Gasteiger partial charge is 0.379 e. The van der Waals surface area contributed by atoms with Crippen molar-refractivity contribution in [3.05, 3.63) is 46.6 Å². The molecule has 108 valence electrons. The fourth-order valence-corrected chi connectivity index (χ4v) is 1.93. The summed E-state index contributed by atoms with van der Waals surface area (Å²) in [5, 5.41) is 4.57. The van der Waals surface area contributed by atoms with Crippen LogP contribution in [-0.4, -0.2) is 23.4 Å². The Morgan fingerprint density at radius 1 is 1.40 bits per heavy atom. The van der Waals surface area contributed by atoms with Crippen LogP contribution in [0.2, 0.25) is 5.02 Å². The van der Waals surface area contributed by atoms with Crippen LogP contribution in [0.5, 0.6) is 0 Å². The minimum atomic E-state index is -0.370. The van der Waals surface area contributed by atoms with Gasteiger partial charge in [0.1, 0.15) is 0 Å². The number of ether oxygens (including phenoxy) is 1. The van der Waals surface area contributed by atoms with E-state index in [1.165, 1.54) is 0 Å². The lowest BCUT2D eigenvalue weighted by atomic mass is 10.1. The zero-order valence-corrected chi connectivity index (χ0v) is 12.1. The van der Waals surface area contributed by atoms with E-state index in [1.807, 2.05) is 31.2 Å². The molecule has 5 nitrogen and oxygen atoms in total. The van der Waals surface area contributed by atoms with Crippen LogP contribution in [0, 0.1) is 0 Å². The first kappa shape index (κ1) is 15.0. The average molecular weight is 296 g/mol. The van der Waals surface area contributed by atoms with Crippen LogP contribution in [0.1, 0.15) is 36.7 Å². The number of hydrogen-bond donors (Lipinski definition) is 1. The van der Waals surface area contributed by atoms with Gasteiger partial charge in [0, 0.05) is 11.6 Å². The molecule has 2 rings (SSSR count). The fraction of sp³-hybridized carbons (Fsp3) is 0.429. The van der Waals surface area contributed by atoms with Gasteiger partial charge in [-0.05, 0) is 18.1 Å². The van der Waals surface area contributed by atoms with Crippen molar-refractivity contribution in [2.24, 2.45) is 5.73 Å². The summed E-state index contributed by atoms with van der Waals surface area (Å²) >= 11 is 6.09. The van der Waals surface area contributed by atoms with Gasteiger partial charge >= 0.3 is 0 Å². The molecule has 1 unspecified atom stereocenters. The second-order valence-electron chi connectivity index (χ2n) is 4.50. The van der Waals surface area contributed by atoms with E-state index in [0.717, 1.165) is 12.0 Å². The van der Waals surface area contributed by atoms with Gasteiger partial charge in [0.25, 0.3) is 0 Å². The second-order valence-corrected chi connectivity index (χ2v) is 4.90. The molecule has 0 radical (unpaired) electrons. The molecule has 0 aliphatic rings. The van der Waals surface area contributed by atoms with Gasteiger partial charge < -0.3 is 15.0 Å². The van der Waals surface area contributed by atoms with Crippen molar-refractivity contribution in [3.8, 4) is 0 Å². The smallest absolute Gasteiger partial charge is 0.231 e. The summed E-state index contributed by atoms with van der Waals surface area (Å²) in [6.07, 6.45) is 1.45. The summed E-state index contributed by atoms with van der Waals surface area (Å²) in [5.74, 6) is 0.960. The van der Waals surface area contributed by atoms with Crippen molar-refractivity contribution < 1.29 is 9.26 Å². The minimum absolute atomic E-state index is 0.370. The normalized spacial score (nSPS) is 12.6. The van der Waals surface area contributed by atoms with Gasteiger partial charge in [-0.1, -0.05) is 41.9 Å². The molecule has 1 heterocycles. The lowest BCUT2D eigenvalue weighted by Crippen LogP contribution is -2.18. The summed E-state index contributed by atoms with van der Waals surface area (Å²) in [7, 11) is 0. The summed E-state index contributed by atoms with van der Waals surface area (Å²) in [6, 6.07) is 7.19. The molecule has 0 saturated carbocycles. The summed E-state index contributed by atoms with van der Waals surface area (Å²) < 4.78 is 10.6. The Morgan fingerprint density at radius 3 is 2.95 bits per heavy atom. The monoisotopic (exact) mass is 295 g/mol. The number of rotatable bonds is 7. The molecule has 2 aromatic rings. The van der Waals surface area contributed by atoms with E-state index in [2.05, 4.69) is 10.1 Å². The highest BCUT2D eigenvalue weighted by Crippen LogP contribution is 2.18. The fourth-order valence-electron chi connectivity index (χ4n) is 1.72. The molecule has 0 aliphatic heterocycles. The average Bonchev–Trinajstić information content (AvgIpc) is 2.90. The quantitative estimate of drug-likeness (QED) is 0.795. The number of nitrogens with two attached hydrogens (primary N) is 1. The zero-order chi connectivity index (χ0) is 14.4. The Morgan fingerprint density at radius 2 is 2.20 bits per heavy atom. The SMILES string of the molecule is CCCOCC(N)c1noc(Cc2ccccc2Cl)n1. The van der Waals surface area contributed by atoms with Crippen molar-refractivity contribution in [1.82, 2.24) is 10.1 Å². The molecule has 0 spiro atoms. The van der Waals surface area contributed by atoms with Crippen molar-refractivity contribution in [2.75, 3.05) is 13.2 Å². The highest BCUT2D eigenvalue weighted by atomic mass is 35.5. The maximum atomic E-state index is 6.09. The van der Waals surface area contributed by atoms with Gasteiger partial charge in [0.05, 0.1) is 19.1 Å². The maximum absolute atomic E-state index is 6.09. The Bertz CT molecular complexity index is 545. The van der Waals surface area contributed by atoms with Gasteiger partial charge in [-0.15, -0.1) is 0 Å². The summed E-state index contributed by atoms with van der Waals surface area (Å²) in [5.41, 5.74) is 6.88. The molecular formula is C14H18ClN3O2. The molecule has 20 heavy (non-hydrogen) atoms. The van der Waals surface area contributed by atoms with E-state index in [4.69, 9.17) is 26.6 Å². The molecule has 2 N–H and O–H groups in total. The summed E-state index contributed by atoms with van der Waals surface area (Å²) in [4.78, 5) is 4.28. The molecule has 1 aromatic heterocycles. The Balaban J connectivity index is 1.97. The van der Waals surface area contributed by atoms with Crippen LogP contribution < -0.4 is 5.73 Å². The third kappa shape index (κ3) is 4.03. The van der Waals surface area contributed by atoms with Crippen LogP contribution in [0.25, 0.3) is 0 Å². The molecule has 1 aromatic carbocycles. The molecule has 1 atom stereocenters. The molecule has 0 bridgehead atoms. The van der Waals surface area contributed by atoms with Crippen LogP contribution in [0.15, 0.2) is 28.8 Å². The first-order valence-corrected chi connectivity index (χ1v) is 6.97. The minimum Gasteiger partial charge on any atom is -0.379 e. The number of halogens is 1. The van der Waals surface area contributed by atoms with E-state index in [9.17, 15) is 0 Å². The zero-order valence-electron chi connectivity index (χ0n) is 11.4. The molecule has 0 fully saturated rings. The van der Waals surface area contributed by atoms with Crippen molar-refractivity contribution in [2.45, 2.75) is 25.8 Å². The molecule has 0 saturated heterocycles. The van der Waals surface area contributed by atoms with Crippen molar-refractivity contribution in [3.63, 3.8) is 0 Å². The van der Waals surface area contributed by atoms with Crippen molar-refractivity contribution >= 4 is 11.6 Å².